The van der Waals surface area contributed by atoms with Gasteiger partial charge in [-0.25, -0.2) is 0 Å². The van der Waals surface area contributed by atoms with Gasteiger partial charge in [-0.05, 0) is 25.3 Å². The van der Waals surface area contributed by atoms with Crippen LogP contribution in [0.4, 0.5) is 0 Å². The molecule has 4 heteroatoms. The van der Waals surface area contributed by atoms with Crippen LogP contribution in [0.25, 0.3) is 0 Å². The summed E-state index contributed by atoms with van der Waals surface area (Å²) in [5, 5.41) is 8.81. The highest BCUT2D eigenvalue weighted by molar-refractivity contribution is 6.27. The van der Waals surface area contributed by atoms with E-state index >= 15 is 0 Å². The number of carboxylic acids is 1. The summed E-state index contributed by atoms with van der Waals surface area (Å²) in [7, 11) is 0. The first-order chi connectivity index (χ1) is 13.5. The van der Waals surface area contributed by atoms with E-state index in [9.17, 15) is 14.4 Å². The number of carbonyl (C=O) groups excluding carboxylic acids is 2. The summed E-state index contributed by atoms with van der Waals surface area (Å²) < 4.78 is 0. The molecule has 0 aliphatic heterocycles. The Hall–Kier alpha value is -3.01. The van der Waals surface area contributed by atoms with Crippen LogP contribution in [0.5, 0.6) is 0 Å². The van der Waals surface area contributed by atoms with Crippen molar-refractivity contribution in [2.45, 2.75) is 44.9 Å². The first-order valence-electron chi connectivity index (χ1n) is 9.66. The Labute approximate surface area is 164 Å². The van der Waals surface area contributed by atoms with E-state index in [2.05, 4.69) is 0 Å². The highest BCUT2D eigenvalue weighted by Gasteiger charge is 2.34. The van der Waals surface area contributed by atoms with E-state index < -0.39 is 5.97 Å². The Morgan fingerprint density at radius 1 is 0.857 bits per heavy atom. The highest BCUT2D eigenvalue weighted by atomic mass is 16.4. The van der Waals surface area contributed by atoms with E-state index in [0.717, 1.165) is 18.4 Å². The number of carbonyl (C=O) groups is 3. The second-order valence-electron chi connectivity index (χ2n) is 7.20. The molecule has 0 spiro atoms. The smallest absolute Gasteiger partial charge is 0.303 e. The fourth-order valence-electron chi connectivity index (χ4n) is 3.90. The molecule has 0 fully saturated rings. The van der Waals surface area contributed by atoms with E-state index in [-0.39, 0.29) is 23.9 Å². The number of carboxylic acid groups (broad SMARTS) is 1. The van der Waals surface area contributed by atoms with Crippen molar-refractivity contribution < 1.29 is 19.5 Å². The van der Waals surface area contributed by atoms with E-state index in [1.54, 1.807) is 31.2 Å². The average Bonchev–Trinajstić information content (AvgIpc) is 2.71. The zero-order valence-corrected chi connectivity index (χ0v) is 16.0. The minimum absolute atomic E-state index is 0.0768. The number of fused-ring (bicyclic) bond motifs is 1. The maximum absolute atomic E-state index is 13.3. The molecule has 2 aromatic carbocycles. The van der Waals surface area contributed by atoms with E-state index in [1.807, 2.05) is 30.3 Å². The summed E-state index contributed by atoms with van der Waals surface area (Å²) in [5.41, 5.74) is 3.05. The molecule has 3 rings (SSSR count). The first-order valence-corrected chi connectivity index (χ1v) is 9.66. The van der Waals surface area contributed by atoms with Crippen LogP contribution in [-0.4, -0.2) is 22.6 Å². The van der Waals surface area contributed by atoms with Gasteiger partial charge in [0.1, 0.15) is 0 Å². The molecule has 0 radical (unpaired) electrons. The van der Waals surface area contributed by atoms with Crippen LogP contribution in [0.1, 0.15) is 71.2 Å². The third kappa shape index (κ3) is 4.11. The standard InChI is InChI=1S/C24H24O4/c1-16-22(24(28)20-14-9-8-13-19(20)23(16)27)18(17-10-4-2-5-11-17)12-6-3-7-15-21(25)26/h2,4-5,8-11,13-14,18H,3,6-7,12,15H2,1H3,(H,25,26). The predicted octanol–water partition coefficient (Wildman–Crippen LogP) is 5.20. The molecule has 0 saturated carbocycles. The number of aliphatic carboxylic acids is 1. The number of unbranched alkanes of at least 4 members (excludes halogenated alkanes) is 2. The van der Waals surface area contributed by atoms with Gasteiger partial charge in [0.05, 0.1) is 0 Å². The van der Waals surface area contributed by atoms with E-state index in [4.69, 9.17) is 5.11 Å². The number of Topliss-reactive ketones (excluding diaryl/α,β-unsaturated/α-hetero) is 2. The third-order valence-electron chi connectivity index (χ3n) is 5.34. The molecule has 144 valence electrons. The number of allylic oxidation sites excluding steroid dienone is 2. The van der Waals surface area contributed by atoms with E-state index in [0.29, 0.717) is 35.1 Å². The van der Waals surface area contributed by atoms with Crippen LogP contribution >= 0.6 is 0 Å². The fraction of sp³-hybridized carbons (Fsp3) is 0.292. The summed E-state index contributed by atoms with van der Waals surface area (Å²) in [6, 6.07) is 16.8. The molecule has 0 saturated heterocycles. The summed E-state index contributed by atoms with van der Waals surface area (Å²) in [4.78, 5) is 36.9. The van der Waals surface area contributed by atoms with Gasteiger partial charge in [-0.3, -0.25) is 14.4 Å². The number of ketones is 2. The minimum atomic E-state index is -0.789. The lowest BCUT2D eigenvalue weighted by molar-refractivity contribution is -0.137. The molecule has 1 aliphatic carbocycles. The van der Waals surface area contributed by atoms with Crippen LogP contribution in [-0.2, 0) is 4.79 Å². The Kier molecular flexibility index (Phi) is 6.19. The third-order valence-corrected chi connectivity index (χ3v) is 5.34. The molecular formula is C24H24O4. The summed E-state index contributed by atoms with van der Waals surface area (Å²) in [6.07, 6.45) is 3.05. The topological polar surface area (TPSA) is 71.4 Å². The Bertz CT molecular complexity index is 925. The van der Waals surface area contributed by atoms with Crippen molar-refractivity contribution in [3.8, 4) is 0 Å². The van der Waals surface area contributed by atoms with Gasteiger partial charge in [0.2, 0.25) is 0 Å². The van der Waals surface area contributed by atoms with Gasteiger partial charge >= 0.3 is 5.97 Å². The molecule has 0 aromatic heterocycles. The van der Waals surface area contributed by atoms with Crippen molar-refractivity contribution in [1.29, 1.82) is 0 Å². The van der Waals surface area contributed by atoms with Crippen molar-refractivity contribution >= 4 is 17.5 Å². The van der Waals surface area contributed by atoms with Gasteiger partial charge in [0, 0.05) is 34.6 Å². The SMILES string of the molecule is CC1=C(C(CCCCCC(=O)O)c2ccccc2)C(=O)c2ccccc2C1=O. The Morgan fingerprint density at radius 3 is 2.11 bits per heavy atom. The summed E-state index contributed by atoms with van der Waals surface area (Å²) in [6.45, 7) is 1.74. The van der Waals surface area contributed by atoms with E-state index in [1.165, 1.54) is 0 Å². The molecule has 4 nitrogen and oxygen atoms in total. The van der Waals surface area contributed by atoms with Gasteiger partial charge in [-0.1, -0.05) is 67.4 Å². The van der Waals surface area contributed by atoms with Gasteiger partial charge in [-0.15, -0.1) is 0 Å². The lowest BCUT2D eigenvalue weighted by Gasteiger charge is -2.26. The van der Waals surface area contributed by atoms with Crippen molar-refractivity contribution in [1.82, 2.24) is 0 Å². The second kappa shape index (κ2) is 8.79. The molecule has 1 unspecified atom stereocenters. The zero-order chi connectivity index (χ0) is 20.1. The van der Waals surface area contributed by atoms with Crippen molar-refractivity contribution in [3.63, 3.8) is 0 Å². The van der Waals surface area contributed by atoms with Crippen molar-refractivity contribution in [2.75, 3.05) is 0 Å². The molecule has 0 amide bonds. The van der Waals surface area contributed by atoms with Crippen LogP contribution in [0.15, 0.2) is 65.7 Å². The maximum Gasteiger partial charge on any atom is 0.303 e. The van der Waals surface area contributed by atoms with Crippen molar-refractivity contribution in [3.05, 3.63) is 82.4 Å². The van der Waals surface area contributed by atoms with Gasteiger partial charge in [0.15, 0.2) is 11.6 Å². The quantitative estimate of drug-likeness (QED) is 0.643. The molecule has 0 heterocycles. The van der Waals surface area contributed by atoms with Crippen molar-refractivity contribution in [2.24, 2.45) is 0 Å². The van der Waals surface area contributed by atoms with Gasteiger partial charge in [-0.2, -0.15) is 0 Å². The number of hydrogen-bond donors (Lipinski definition) is 1. The monoisotopic (exact) mass is 376 g/mol. The van der Waals surface area contributed by atoms with Crippen LogP contribution in [0.2, 0.25) is 0 Å². The Morgan fingerprint density at radius 2 is 1.46 bits per heavy atom. The fourth-order valence-corrected chi connectivity index (χ4v) is 3.90. The van der Waals surface area contributed by atoms with Crippen LogP contribution in [0.3, 0.4) is 0 Å². The van der Waals surface area contributed by atoms with Gasteiger partial charge < -0.3 is 5.11 Å². The molecule has 1 atom stereocenters. The lowest BCUT2D eigenvalue weighted by atomic mass is 9.75. The lowest BCUT2D eigenvalue weighted by Crippen LogP contribution is -2.24. The minimum Gasteiger partial charge on any atom is -0.481 e. The maximum atomic E-state index is 13.3. The molecule has 1 aliphatic rings. The zero-order valence-electron chi connectivity index (χ0n) is 16.0. The highest BCUT2D eigenvalue weighted by Crippen LogP contribution is 2.38. The summed E-state index contributed by atoms with van der Waals surface area (Å²) in [5.74, 6) is -1.12. The molecule has 0 bridgehead atoms. The largest absolute Gasteiger partial charge is 0.481 e. The molecule has 28 heavy (non-hydrogen) atoms. The predicted molar refractivity (Wildman–Crippen MR) is 108 cm³/mol. The molecule has 1 N–H and O–H groups in total. The molecule has 2 aromatic rings. The second-order valence-corrected chi connectivity index (χ2v) is 7.20. The summed E-state index contributed by atoms with van der Waals surface area (Å²) >= 11 is 0. The average molecular weight is 376 g/mol. The van der Waals surface area contributed by atoms with Gasteiger partial charge in [0.25, 0.3) is 0 Å². The van der Waals surface area contributed by atoms with Crippen LogP contribution < -0.4 is 0 Å². The normalized spacial score (nSPS) is 14.8. The van der Waals surface area contributed by atoms with Crippen LogP contribution in [0, 0.1) is 0 Å². The number of rotatable bonds is 8. The number of benzene rings is 2. The first kappa shape index (κ1) is 19.7. The Balaban J connectivity index is 1.91. The molecular weight excluding hydrogens is 352 g/mol. The number of hydrogen-bond acceptors (Lipinski definition) is 3.